The molecule has 9 heteroatoms. The summed E-state index contributed by atoms with van der Waals surface area (Å²) in [6, 6.07) is 8.32. The van der Waals surface area contributed by atoms with Crippen LogP contribution < -0.4 is 4.74 Å². The van der Waals surface area contributed by atoms with Crippen LogP contribution in [0.4, 0.5) is 0 Å². The fraction of sp³-hybridized carbons (Fsp3) is 0.421. The molecule has 0 saturated carbocycles. The molecule has 2 saturated heterocycles. The number of halogens is 1. The molecule has 0 atom stereocenters. The predicted octanol–water partition coefficient (Wildman–Crippen LogP) is 2.20. The number of hydrogen-bond acceptors (Lipinski definition) is 7. The Balaban J connectivity index is 1.17. The highest BCUT2D eigenvalue weighted by Gasteiger charge is 2.28. The molecule has 8 nitrogen and oxygen atoms in total. The monoisotopic (exact) mass is 444 g/mol. The molecule has 2 fully saturated rings. The highest BCUT2D eigenvalue weighted by atomic mass is 79.9. The van der Waals surface area contributed by atoms with Crippen LogP contribution >= 0.6 is 15.9 Å². The zero-order valence-corrected chi connectivity index (χ0v) is 17.0. The van der Waals surface area contributed by atoms with Crippen LogP contribution in [0.15, 0.2) is 41.1 Å². The fourth-order valence-electron chi connectivity index (χ4n) is 3.55. The number of piperazine rings is 1. The molecule has 3 aromatic rings. The van der Waals surface area contributed by atoms with E-state index in [-0.39, 0.29) is 0 Å². The predicted molar refractivity (Wildman–Crippen MR) is 106 cm³/mol. The highest BCUT2D eigenvalue weighted by molar-refractivity contribution is 9.10. The van der Waals surface area contributed by atoms with Crippen molar-refractivity contribution in [3.63, 3.8) is 0 Å². The summed E-state index contributed by atoms with van der Waals surface area (Å²) in [6.07, 6.45) is 3.58. The van der Waals surface area contributed by atoms with Gasteiger partial charge >= 0.3 is 0 Å². The van der Waals surface area contributed by atoms with Gasteiger partial charge in [0.25, 0.3) is 0 Å². The van der Waals surface area contributed by atoms with Gasteiger partial charge in [-0.3, -0.25) is 9.80 Å². The Morgan fingerprint density at radius 1 is 1.07 bits per heavy atom. The number of fused-ring (bicyclic) bond motifs is 1. The molecule has 0 N–H and O–H groups in total. The van der Waals surface area contributed by atoms with Crippen LogP contribution in [0.1, 0.15) is 5.69 Å². The molecule has 0 unspecified atom stereocenters. The van der Waals surface area contributed by atoms with Gasteiger partial charge in [-0.05, 0) is 34.1 Å². The average molecular weight is 445 g/mol. The summed E-state index contributed by atoms with van der Waals surface area (Å²) in [5, 5.41) is 12.8. The number of hydrogen-bond donors (Lipinski definition) is 0. The SMILES string of the molecule is Brc1cnn2cc(Oc3ccc(CN4CCN(C5COC5)CC4)nn3)ccc12. The third-order valence-electron chi connectivity index (χ3n) is 5.29. The smallest absolute Gasteiger partial charge is 0.238 e. The molecule has 0 spiro atoms. The van der Waals surface area contributed by atoms with Crippen molar-refractivity contribution >= 4 is 21.4 Å². The van der Waals surface area contributed by atoms with Crippen LogP contribution in [0, 0.1) is 0 Å². The lowest BCUT2D eigenvalue weighted by Gasteiger charge is -2.42. The van der Waals surface area contributed by atoms with Gasteiger partial charge in [0.2, 0.25) is 5.88 Å². The Hall–Kier alpha value is -2.07. The Labute approximate surface area is 171 Å². The first kappa shape index (κ1) is 18.0. The summed E-state index contributed by atoms with van der Waals surface area (Å²) in [7, 11) is 0. The molecule has 5 rings (SSSR count). The molecule has 5 heterocycles. The third-order valence-corrected chi connectivity index (χ3v) is 5.90. The number of pyridine rings is 1. The Kier molecular flexibility index (Phi) is 4.98. The molecular formula is C19H21BrN6O2. The lowest BCUT2D eigenvalue weighted by atomic mass is 10.2. The molecule has 0 aliphatic carbocycles. The van der Waals surface area contributed by atoms with Crippen LogP contribution in [-0.4, -0.2) is 75.0 Å². The van der Waals surface area contributed by atoms with Gasteiger partial charge in [-0.25, -0.2) is 4.52 Å². The zero-order valence-electron chi connectivity index (χ0n) is 15.4. The van der Waals surface area contributed by atoms with E-state index in [0.29, 0.717) is 17.7 Å². The minimum Gasteiger partial charge on any atom is -0.436 e. The van der Waals surface area contributed by atoms with Crippen LogP contribution in [0.3, 0.4) is 0 Å². The summed E-state index contributed by atoms with van der Waals surface area (Å²) >= 11 is 3.46. The topological polar surface area (TPSA) is 68.0 Å². The molecule has 28 heavy (non-hydrogen) atoms. The maximum absolute atomic E-state index is 5.82. The van der Waals surface area contributed by atoms with E-state index in [4.69, 9.17) is 9.47 Å². The van der Waals surface area contributed by atoms with E-state index >= 15 is 0 Å². The van der Waals surface area contributed by atoms with Crippen LogP contribution in [-0.2, 0) is 11.3 Å². The second-order valence-corrected chi connectivity index (χ2v) is 8.01. The van der Waals surface area contributed by atoms with Crippen molar-refractivity contribution in [2.75, 3.05) is 39.4 Å². The Morgan fingerprint density at radius 3 is 2.64 bits per heavy atom. The molecule has 0 radical (unpaired) electrons. The Bertz CT molecular complexity index is 951. The first-order valence-electron chi connectivity index (χ1n) is 9.42. The van der Waals surface area contributed by atoms with E-state index in [9.17, 15) is 0 Å². The molecular weight excluding hydrogens is 424 g/mol. The minimum absolute atomic E-state index is 0.476. The molecule has 0 bridgehead atoms. The van der Waals surface area contributed by atoms with Gasteiger partial charge in [-0.15, -0.1) is 5.10 Å². The lowest BCUT2D eigenvalue weighted by Crippen LogP contribution is -2.56. The van der Waals surface area contributed by atoms with Crippen molar-refractivity contribution in [3.8, 4) is 11.6 Å². The van der Waals surface area contributed by atoms with Gasteiger partial charge in [0.15, 0.2) is 0 Å². The van der Waals surface area contributed by atoms with Gasteiger partial charge < -0.3 is 9.47 Å². The molecule has 0 aromatic carbocycles. The summed E-state index contributed by atoms with van der Waals surface area (Å²) in [5.74, 6) is 1.14. The van der Waals surface area contributed by atoms with Crippen molar-refractivity contribution in [2.45, 2.75) is 12.6 Å². The fourth-order valence-corrected chi connectivity index (χ4v) is 3.96. The third kappa shape index (κ3) is 3.75. The average Bonchev–Trinajstić information content (AvgIpc) is 3.04. The Morgan fingerprint density at radius 2 is 1.93 bits per heavy atom. The van der Waals surface area contributed by atoms with Crippen molar-refractivity contribution in [1.82, 2.24) is 29.6 Å². The normalized spacial score (nSPS) is 19.0. The highest BCUT2D eigenvalue weighted by Crippen LogP contribution is 2.23. The second kappa shape index (κ2) is 7.75. The van der Waals surface area contributed by atoms with Crippen LogP contribution in [0.2, 0.25) is 0 Å². The summed E-state index contributed by atoms with van der Waals surface area (Å²) in [4.78, 5) is 4.95. The quantitative estimate of drug-likeness (QED) is 0.597. The van der Waals surface area contributed by atoms with E-state index in [1.54, 1.807) is 10.7 Å². The van der Waals surface area contributed by atoms with Gasteiger partial charge in [-0.1, -0.05) is 0 Å². The molecule has 0 amide bonds. The maximum atomic E-state index is 5.82. The van der Waals surface area contributed by atoms with Gasteiger partial charge in [-0.2, -0.15) is 10.2 Å². The van der Waals surface area contributed by atoms with Gasteiger partial charge in [0.05, 0.1) is 47.3 Å². The van der Waals surface area contributed by atoms with E-state index in [1.807, 2.05) is 30.5 Å². The number of nitrogens with zero attached hydrogens (tertiary/aromatic N) is 6. The zero-order chi connectivity index (χ0) is 18.9. The van der Waals surface area contributed by atoms with Crippen molar-refractivity contribution in [3.05, 3.63) is 46.8 Å². The van der Waals surface area contributed by atoms with Crippen LogP contribution in [0.5, 0.6) is 11.6 Å². The summed E-state index contributed by atoms with van der Waals surface area (Å²) < 4.78 is 13.8. The van der Waals surface area contributed by atoms with Crippen molar-refractivity contribution < 1.29 is 9.47 Å². The molecule has 2 aliphatic rings. The van der Waals surface area contributed by atoms with E-state index < -0.39 is 0 Å². The largest absolute Gasteiger partial charge is 0.436 e. The second-order valence-electron chi connectivity index (χ2n) is 7.16. The van der Waals surface area contributed by atoms with Crippen LogP contribution in [0.25, 0.3) is 5.52 Å². The van der Waals surface area contributed by atoms with E-state index in [0.717, 1.165) is 61.6 Å². The molecule has 146 valence electrons. The standard InChI is InChI=1S/C19H21BrN6O2/c20-17-9-21-26-11-16(2-3-18(17)26)28-19-4-1-14(22-23-19)10-24-5-7-25(8-6-24)15-12-27-13-15/h1-4,9,11,15H,5-8,10,12-13H2. The summed E-state index contributed by atoms with van der Waals surface area (Å²) in [5.41, 5.74) is 1.94. The lowest BCUT2D eigenvalue weighted by molar-refractivity contribution is -0.0774. The maximum Gasteiger partial charge on any atom is 0.238 e. The molecule has 3 aromatic heterocycles. The number of aromatic nitrogens is 4. The molecule has 2 aliphatic heterocycles. The van der Waals surface area contributed by atoms with Gasteiger partial charge in [0.1, 0.15) is 5.75 Å². The van der Waals surface area contributed by atoms with Crippen molar-refractivity contribution in [2.24, 2.45) is 0 Å². The summed E-state index contributed by atoms with van der Waals surface area (Å²) in [6.45, 7) is 6.87. The van der Waals surface area contributed by atoms with E-state index in [2.05, 4.69) is 41.0 Å². The first-order chi connectivity index (χ1) is 13.7. The minimum atomic E-state index is 0.476. The van der Waals surface area contributed by atoms with E-state index in [1.165, 1.54) is 0 Å². The number of rotatable bonds is 5. The van der Waals surface area contributed by atoms with Crippen molar-refractivity contribution in [1.29, 1.82) is 0 Å². The van der Waals surface area contributed by atoms with Gasteiger partial charge in [0, 0.05) is 38.8 Å². The number of ether oxygens (including phenoxy) is 2. The first-order valence-corrected chi connectivity index (χ1v) is 10.2.